The van der Waals surface area contributed by atoms with Crippen molar-refractivity contribution in [2.24, 2.45) is 0 Å². The number of hydrogen-bond acceptors (Lipinski definition) is 4. The van der Waals surface area contributed by atoms with Crippen LogP contribution in [0.25, 0.3) is 32.8 Å². The lowest BCUT2D eigenvalue weighted by Crippen LogP contribution is -2.27. The van der Waals surface area contributed by atoms with E-state index in [9.17, 15) is 0 Å². The second kappa shape index (κ2) is 9.73. The highest BCUT2D eigenvalue weighted by molar-refractivity contribution is 7.85. The molecule has 0 fully saturated rings. The van der Waals surface area contributed by atoms with Crippen molar-refractivity contribution in [3.8, 4) is 34.3 Å². The summed E-state index contributed by atoms with van der Waals surface area (Å²) in [6.07, 6.45) is 0. The third-order valence-electron chi connectivity index (χ3n) is 7.78. The van der Waals surface area contributed by atoms with Crippen LogP contribution in [0, 0.1) is 0 Å². The average Bonchev–Trinajstić information content (AvgIpc) is 3.06. The molecule has 0 amide bonds. The van der Waals surface area contributed by atoms with E-state index in [2.05, 4.69) is 18.2 Å². The van der Waals surface area contributed by atoms with Crippen molar-refractivity contribution in [1.29, 1.82) is 0 Å². The van der Waals surface area contributed by atoms with Gasteiger partial charge in [-0.15, -0.1) is 0 Å². The van der Waals surface area contributed by atoms with E-state index in [-0.39, 0.29) is 0 Å². The highest BCUT2D eigenvalue weighted by Gasteiger charge is 2.32. The lowest BCUT2D eigenvalue weighted by Gasteiger charge is -2.24. The van der Waals surface area contributed by atoms with E-state index >= 15 is 4.57 Å². The van der Waals surface area contributed by atoms with E-state index < -0.39 is 7.14 Å². The number of nitrogens with zero attached hydrogens (tertiary/aromatic N) is 1. The zero-order valence-electron chi connectivity index (χ0n) is 22.5. The van der Waals surface area contributed by atoms with E-state index in [1.54, 1.807) is 0 Å². The van der Waals surface area contributed by atoms with Crippen molar-refractivity contribution in [2.45, 2.75) is 0 Å². The molecule has 200 valence electrons. The summed E-state index contributed by atoms with van der Waals surface area (Å²) >= 11 is 0. The van der Waals surface area contributed by atoms with Gasteiger partial charge in [0.25, 0.3) is 0 Å². The first-order valence-electron chi connectivity index (χ1n) is 13.8. The van der Waals surface area contributed by atoms with E-state index in [1.165, 1.54) is 0 Å². The van der Waals surface area contributed by atoms with Crippen LogP contribution in [0.1, 0.15) is 0 Å². The molecule has 0 N–H and O–H groups in total. The summed E-state index contributed by atoms with van der Waals surface area (Å²) in [7, 11) is -3.24. The molecule has 0 aliphatic carbocycles. The van der Waals surface area contributed by atoms with Gasteiger partial charge in [-0.3, -0.25) is 0 Å². The zero-order chi connectivity index (χ0) is 28.1. The Morgan fingerprint density at radius 2 is 1.07 bits per heavy atom. The second-order valence-electron chi connectivity index (χ2n) is 10.3. The Kier molecular flexibility index (Phi) is 5.70. The molecule has 0 atom stereocenters. The molecule has 2 heterocycles. The maximum Gasteiger partial charge on any atom is 0.188 e. The van der Waals surface area contributed by atoms with E-state index in [1.807, 2.05) is 127 Å². The smallest absolute Gasteiger partial charge is 0.188 e. The normalized spacial score (nSPS) is 12.3. The lowest BCUT2D eigenvalue weighted by atomic mass is 9.99. The summed E-state index contributed by atoms with van der Waals surface area (Å²) in [5, 5.41) is 5.56. The Labute approximate surface area is 243 Å². The minimum absolute atomic E-state index is 0.535. The van der Waals surface area contributed by atoms with Gasteiger partial charge in [0.05, 0.1) is 5.69 Å². The van der Waals surface area contributed by atoms with Crippen molar-refractivity contribution >= 4 is 44.7 Å². The topological polar surface area (TPSA) is 48.4 Å². The first-order valence-corrected chi connectivity index (χ1v) is 15.5. The standard InChI is InChI=1S/C37H24NO3P/c39-42(27-14-3-1-4-15-27,28-16-5-2-6-17-28)36-21-11-20-32(38-36)31-24-35-37(30-19-10-9-18-29(30)31)41-34-23-26-13-8-7-12-25(26)22-33(34)40-35/h1-24H. The molecule has 8 rings (SSSR count). The number of fused-ring (bicyclic) bond motifs is 5. The number of rotatable bonds is 4. The van der Waals surface area contributed by atoms with Crippen molar-refractivity contribution in [2.75, 3.05) is 0 Å². The van der Waals surface area contributed by atoms with Gasteiger partial charge in [0.2, 0.25) is 0 Å². The second-order valence-corrected chi connectivity index (χ2v) is 13.0. The molecule has 0 unspecified atom stereocenters. The maximum absolute atomic E-state index is 15.0. The van der Waals surface area contributed by atoms with Crippen LogP contribution in [-0.4, -0.2) is 4.98 Å². The maximum atomic E-state index is 15.0. The molecule has 0 radical (unpaired) electrons. The quantitative estimate of drug-likeness (QED) is 0.202. The Morgan fingerprint density at radius 1 is 0.500 bits per heavy atom. The monoisotopic (exact) mass is 561 g/mol. The van der Waals surface area contributed by atoms with Crippen LogP contribution in [0.4, 0.5) is 0 Å². The molecular weight excluding hydrogens is 537 g/mol. The fourth-order valence-electron chi connectivity index (χ4n) is 5.74. The minimum atomic E-state index is -3.24. The van der Waals surface area contributed by atoms with Gasteiger partial charge in [0.1, 0.15) is 5.44 Å². The predicted octanol–water partition coefficient (Wildman–Crippen LogP) is 8.59. The van der Waals surface area contributed by atoms with E-state index in [4.69, 9.17) is 14.5 Å². The summed E-state index contributed by atoms with van der Waals surface area (Å²) in [5.41, 5.74) is 2.13. The number of ether oxygens (including phenoxy) is 2. The van der Waals surface area contributed by atoms with Gasteiger partial charge in [-0.25, -0.2) is 4.98 Å². The fraction of sp³-hybridized carbons (Fsp3) is 0. The molecule has 0 bridgehead atoms. The fourth-order valence-corrected chi connectivity index (χ4v) is 8.30. The molecule has 0 saturated carbocycles. The molecule has 1 aliphatic rings. The van der Waals surface area contributed by atoms with Gasteiger partial charge in [-0.2, -0.15) is 0 Å². The van der Waals surface area contributed by atoms with Crippen LogP contribution in [0.2, 0.25) is 0 Å². The molecule has 4 nitrogen and oxygen atoms in total. The van der Waals surface area contributed by atoms with Crippen LogP contribution < -0.4 is 25.5 Å². The molecule has 7 aromatic rings. The van der Waals surface area contributed by atoms with E-state index in [0.29, 0.717) is 34.1 Å². The third-order valence-corrected chi connectivity index (χ3v) is 10.7. The first kappa shape index (κ1) is 24.6. The van der Waals surface area contributed by atoms with Crippen LogP contribution >= 0.6 is 7.14 Å². The largest absolute Gasteiger partial charge is 0.449 e. The third kappa shape index (κ3) is 3.92. The average molecular weight is 562 g/mol. The van der Waals surface area contributed by atoms with Gasteiger partial charge in [0.15, 0.2) is 30.1 Å². The van der Waals surface area contributed by atoms with Crippen molar-refractivity contribution in [3.63, 3.8) is 0 Å². The van der Waals surface area contributed by atoms with Crippen LogP contribution in [0.15, 0.2) is 146 Å². The summed E-state index contributed by atoms with van der Waals surface area (Å²) in [6, 6.07) is 47.3. The van der Waals surface area contributed by atoms with Gasteiger partial charge in [-0.1, -0.05) is 115 Å². The zero-order valence-corrected chi connectivity index (χ0v) is 23.4. The summed E-state index contributed by atoms with van der Waals surface area (Å²) in [4.78, 5) is 5.09. The number of benzene rings is 6. The molecule has 1 aliphatic heterocycles. The Hall–Kier alpha value is -5.18. The molecular formula is C37H24NO3P. The molecule has 6 aromatic carbocycles. The highest BCUT2D eigenvalue weighted by Crippen LogP contribution is 2.52. The van der Waals surface area contributed by atoms with Crippen LogP contribution in [0.5, 0.6) is 23.0 Å². The van der Waals surface area contributed by atoms with Gasteiger partial charge < -0.3 is 14.0 Å². The van der Waals surface area contributed by atoms with Crippen LogP contribution in [-0.2, 0) is 4.57 Å². The number of pyridine rings is 1. The molecule has 0 saturated heterocycles. The van der Waals surface area contributed by atoms with Crippen LogP contribution in [0.3, 0.4) is 0 Å². The van der Waals surface area contributed by atoms with Gasteiger partial charge >= 0.3 is 0 Å². The van der Waals surface area contributed by atoms with Crippen molar-refractivity contribution in [3.05, 3.63) is 146 Å². The predicted molar refractivity (Wildman–Crippen MR) is 171 cm³/mol. The molecule has 1 aromatic heterocycles. The van der Waals surface area contributed by atoms with E-state index in [0.717, 1.165) is 37.7 Å². The number of aromatic nitrogens is 1. The summed E-state index contributed by atoms with van der Waals surface area (Å²) < 4.78 is 28.0. The first-order chi connectivity index (χ1) is 20.7. The number of hydrogen-bond donors (Lipinski definition) is 0. The SMILES string of the molecule is O=P(c1ccccc1)(c1ccccc1)c1cccc(-c2cc3c(c4ccccc24)Oc2cc4ccccc4cc2O3)n1. The molecule has 42 heavy (non-hydrogen) atoms. The van der Waals surface area contributed by atoms with Crippen molar-refractivity contribution in [1.82, 2.24) is 4.98 Å². The molecule has 5 heteroatoms. The highest BCUT2D eigenvalue weighted by atomic mass is 31.2. The Balaban J connectivity index is 1.31. The summed E-state index contributed by atoms with van der Waals surface area (Å²) in [5.74, 6) is 2.65. The van der Waals surface area contributed by atoms with Crippen molar-refractivity contribution < 1.29 is 14.0 Å². The molecule has 0 spiro atoms. The van der Waals surface area contributed by atoms with Gasteiger partial charge in [0, 0.05) is 21.6 Å². The minimum Gasteiger partial charge on any atom is -0.449 e. The summed E-state index contributed by atoms with van der Waals surface area (Å²) in [6.45, 7) is 0. The van der Waals surface area contributed by atoms with Gasteiger partial charge in [-0.05, 0) is 46.5 Å². The Bertz CT molecular complexity index is 2130. The Morgan fingerprint density at radius 3 is 1.74 bits per heavy atom. The lowest BCUT2D eigenvalue weighted by molar-refractivity contribution is 0.364.